The lowest BCUT2D eigenvalue weighted by atomic mass is 9.83. The van der Waals surface area contributed by atoms with Gasteiger partial charge in [0.1, 0.15) is 5.92 Å². The molecule has 0 N–H and O–H groups in total. The van der Waals surface area contributed by atoms with Crippen LogP contribution in [0.1, 0.15) is 18.4 Å². The fraction of sp³-hybridized carbons (Fsp3) is 0.467. The van der Waals surface area contributed by atoms with E-state index in [2.05, 4.69) is 0 Å². The number of nitrogens with zero attached hydrogens (tertiary/aromatic N) is 1. The molecule has 0 bridgehead atoms. The molecule has 20 heavy (non-hydrogen) atoms. The van der Waals surface area contributed by atoms with Crippen LogP contribution in [0.5, 0.6) is 0 Å². The third kappa shape index (κ3) is 3.58. The van der Waals surface area contributed by atoms with Gasteiger partial charge in [0, 0.05) is 13.1 Å². The SMILES string of the molecule is CCOC(=O)C1CN(C)CC(c2ccccc2)C1=O.Cl. The molecule has 0 aliphatic carbocycles. The van der Waals surface area contributed by atoms with Crippen LogP contribution in [-0.2, 0) is 14.3 Å². The smallest absolute Gasteiger partial charge is 0.317 e. The molecule has 4 nitrogen and oxygen atoms in total. The summed E-state index contributed by atoms with van der Waals surface area (Å²) in [6.45, 7) is 3.16. The first-order valence-corrected chi connectivity index (χ1v) is 6.57. The van der Waals surface area contributed by atoms with Gasteiger partial charge >= 0.3 is 5.97 Å². The van der Waals surface area contributed by atoms with Crippen molar-refractivity contribution in [1.82, 2.24) is 4.90 Å². The lowest BCUT2D eigenvalue weighted by molar-refractivity contribution is -0.154. The Morgan fingerprint density at radius 3 is 2.55 bits per heavy atom. The summed E-state index contributed by atoms with van der Waals surface area (Å²) in [4.78, 5) is 26.3. The summed E-state index contributed by atoms with van der Waals surface area (Å²) in [7, 11) is 1.93. The Labute approximate surface area is 125 Å². The van der Waals surface area contributed by atoms with E-state index in [0.717, 1.165) is 5.56 Å². The number of hydrogen-bond donors (Lipinski definition) is 0. The van der Waals surface area contributed by atoms with Crippen molar-refractivity contribution in [3.63, 3.8) is 0 Å². The van der Waals surface area contributed by atoms with E-state index in [1.807, 2.05) is 42.3 Å². The predicted molar refractivity (Wildman–Crippen MR) is 79.1 cm³/mol. The Kier molecular flexibility index (Phi) is 6.17. The molecule has 2 unspecified atom stereocenters. The number of carbonyl (C=O) groups excluding carboxylic acids is 2. The number of esters is 1. The van der Waals surface area contributed by atoms with Crippen LogP contribution in [-0.4, -0.2) is 43.4 Å². The van der Waals surface area contributed by atoms with Crippen LogP contribution in [0.25, 0.3) is 0 Å². The summed E-state index contributed by atoms with van der Waals surface area (Å²) in [5.41, 5.74) is 0.966. The lowest BCUT2D eigenvalue weighted by Crippen LogP contribution is -2.47. The van der Waals surface area contributed by atoms with Crippen LogP contribution in [0.3, 0.4) is 0 Å². The van der Waals surface area contributed by atoms with Gasteiger partial charge in [-0.15, -0.1) is 12.4 Å². The molecule has 1 heterocycles. The highest BCUT2D eigenvalue weighted by Gasteiger charge is 2.39. The van der Waals surface area contributed by atoms with Gasteiger partial charge in [-0.25, -0.2) is 0 Å². The molecule has 0 spiro atoms. The molecule has 0 radical (unpaired) electrons. The molecule has 1 aliphatic rings. The van der Waals surface area contributed by atoms with Gasteiger partial charge in [0.25, 0.3) is 0 Å². The predicted octanol–water partition coefficient (Wildman–Crippen LogP) is 1.89. The number of ketones is 1. The number of ether oxygens (including phenoxy) is 1. The fourth-order valence-corrected chi connectivity index (χ4v) is 2.51. The molecule has 5 heteroatoms. The summed E-state index contributed by atoms with van der Waals surface area (Å²) < 4.78 is 5.00. The molecular weight excluding hydrogens is 278 g/mol. The van der Waals surface area contributed by atoms with Crippen molar-refractivity contribution >= 4 is 24.2 Å². The largest absolute Gasteiger partial charge is 0.465 e. The molecule has 0 aromatic heterocycles. The minimum Gasteiger partial charge on any atom is -0.465 e. The van der Waals surface area contributed by atoms with Gasteiger partial charge in [0.15, 0.2) is 5.78 Å². The molecule has 1 saturated heterocycles. The number of hydrogen-bond acceptors (Lipinski definition) is 4. The Balaban J connectivity index is 0.00000200. The highest BCUT2D eigenvalue weighted by Crippen LogP contribution is 2.27. The van der Waals surface area contributed by atoms with Crippen LogP contribution in [0.2, 0.25) is 0 Å². The Bertz CT molecular complexity index is 463. The molecular formula is C15H20ClNO3. The van der Waals surface area contributed by atoms with Gasteiger partial charge < -0.3 is 9.64 Å². The van der Waals surface area contributed by atoms with Gasteiger partial charge in [0.2, 0.25) is 0 Å². The van der Waals surface area contributed by atoms with E-state index >= 15 is 0 Å². The minimum atomic E-state index is -0.663. The van der Waals surface area contributed by atoms with E-state index in [4.69, 9.17) is 4.74 Å². The van der Waals surface area contributed by atoms with Gasteiger partial charge in [0.05, 0.1) is 12.5 Å². The lowest BCUT2D eigenvalue weighted by Gasteiger charge is -2.33. The normalized spacial score (nSPS) is 23.0. The minimum absolute atomic E-state index is 0. The zero-order valence-electron chi connectivity index (χ0n) is 11.7. The first-order valence-electron chi connectivity index (χ1n) is 6.57. The zero-order chi connectivity index (χ0) is 13.8. The van der Waals surface area contributed by atoms with Crippen LogP contribution in [0.15, 0.2) is 30.3 Å². The van der Waals surface area contributed by atoms with Crippen molar-refractivity contribution in [2.45, 2.75) is 12.8 Å². The molecule has 1 fully saturated rings. The third-order valence-electron chi connectivity index (χ3n) is 3.45. The first kappa shape index (κ1) is 16.7. The quantitative estimate of drug-likeness (QED) is 0.631. The number of likely N-dealkylation sites (N-methyl/N-ethyl adjacent to an activating group) is 1. The number of piperidine rings is 1. The Morgan fingerprint density at radius 1 is 1.30 bits per heavy atom. The zero-order valence-corrected chi connectivity index (χ0v) is 12.6. The Hall–Kier alpha value is -1.39. The summed E-state index contributed by atoms with van der Waals surface area (Å²) >= 11 is 0. The standard InChI is InChI=1S/C15H19NO3.ClH/c1-3-19-15(18)13-10-16(2)9-12(14(13)17)11-7-5-4-6-8-11;/h4-8,12-13H,3,9-10H2,1-2H3;1H. The molecule has 2 atom stereocenters. The summed E-state index contributed by atoms with van der Waals surface area (Å²) in [6.07, 6.45) is 0. The van der Waals surface area contributed by atoms with Gasteiger partial charge in [-0.2, -0.15) is 0 Å². The molecule has 110 valence electrons. The van der Waals surface area contributed by atoms with Crippen LogP contribution >= 0.6 is 12.4 Å². The maximum absolute atomic E-state index is 12.5. The number of carbonyl (C=O) groups is 2. The molecule has 2 rings (SSSR count). The van der Waals surface area contributed by atoms with Crippen molar-refractivity contribution < 1.29 is 14.3 Å². The van der Waals surface area contributed by atoms with E-state index in [9.17, 15) is 9.59 Å². The number of halogens is 1. The number of Topliss-reactive ketones (excluding diaryl/α,β-unsaturated/α-hetero) is 1. The summed E-state index contributed by atoms with van der Waals surface area (Å²) in [5, 5.41) is 0. The maximum Gasteiger partial charge on any atom is 0.317 e. The number of rotatable bonds is 3. The number of likely N-dealkylation sites (tertiary alicyclic amines) is 1. The van der Waals surface area contributed by atoms with Crippen molar-refractivity contribution in [3.8, 4) is 0 Å². The molecule has 1 aromatic carbocycles. The van der Waals surface area contributed by atoms with Crippen molar-refractivity contribution in [1.29, 1.82) is 0 Å². The molecule has 0 saturated carbocycles. The monoisotopic (exact) mass is 297 g/mol. The second-order valence-electron chi connectivity index (χ2n) is 4.89. The van der Waals surface area contributed by atoms with Crippen molar-refractivity contribution in [2.24, 2.45) is 5.92 Å². The van der Waals surface area contributed by atoms with E-state index in [1.165, 1.54) is 0 Å². The van der Waals surface area contributed by atoms with Gasteiger partial charge in [-0.3, -0.25) is 9.59 Å². The summed E-state index contributed by atoms with van der Waals surface area (Å²) in [5.74, 6) is -1.33. The molecule has 0 amide bonds. The van der Waals surface area contributed by atoms with E-state index in [0.29, 0.717) is 19.7 Å². The van der Waals surface area contributed by atoms with Gasteiger partial charge in [-0.1, -0.05) is 30.3 Å². The van der Waals surface area contributed by atoms with Crippen LogP contribution < -0.4 is 0 Å². The Morgan fingerprint density at radius 2 is 1.95 bits per heavy atom. The van der Waals surface area contributed by atoms with E-state index in [1.54, 1.807) is 6.92 Å². The van der Waals surface area contributed by atoms with Crippen molar-refractivity contribution in [2.75, 3.05) is 26.7 Å². The average molecular weight is 298 g/mol. The van der Waals surface area contributed by atoms with E-state index in [-0.39, 0.29) is 24.1 Å². The molecule has 1 aliphatic heterocycles. The van der Waals surface area contributed by atoms with Crippen molar-refractivity contribution in [3.05, 3.63) is 35.9 Å². The summed E-state index contributed by atoms with van der Waals surface area (Å²) in [6, 6.07) is 9.62. The van der Waals surface area contributed by atoms with E-state index < -0.39 is 11.9 Å². The second-order valence-corrected chi connectivity index (χ2v) is 4.89. The van der Waals surface area contributed by atoms with Crippen LogP contribution in [0.4, 0.5) is 0 Å². The highest BCUT2D eigenvalue weighted by molar-refractivity contribution is 6.03. The average Bonchev–Trinajstić information content (AvgIpc) is 2.42. The molecule has 1 aromatic rings. The fourth-order valence-electron chi connectivity index (χ4n) is 2.51. The third-order valence-corrected chi connectivity index (χ3v) is 3.45. The second kappa shape index (κ2) is 7.41. The topological polar surface area (TPSA) is 46.6 Å². The first-order chi connectivity index (χ1) is 9.13. The number of benzene rings is 1. The maximum atomic E-state index is 12.5. The highest BCUT2D eigenvalue weighted by atomic mass is 35.5. The van der Waals surface area contributed by atoms with Crippen LogP contribution in [0, 0.1) is 5.92 Å². The van der Waals surface area contributed by atoms with Gasteiger partial charge in [-0.05, 0) is 19.5 Å².